The molecule has 0 aliphatic heterocycles. The maximum Gasteiger partial charge on any atom is 0.127 e. The summed E-state index contributed by atoms with van der Waals surface area (Å²) in [4.78, 5) is 0. The third-order valence-corrected chi connectivity index (χ3v) is 2.81. The lowest BCUT2D eigenvalue weighted by Gasteiger charge is -2.11. The summed E-state index contributed by atoms with van der Waals surface area (Å²) in [7, 11) is 0. The first-order valence-electron chi connectivity index (χ1n) is 5.64. The summed E-state index contributed by atoms with van der Waals surface area (Å²) in [6, 6.07) is 13.6. The first kappa shape index (κ1) is 11.7. The molecule has 0 aliphatic rings. The molecule has 2 nitrogen and oxygen atoms in total. The average molecular weight is 228 g/mol. The van der Waals surface area contributed by atoms with Gasteiger partial charge in [0.25, 0.3) is 0 Å². The number of ether oxygens (including phenoxy) is 1. The quantitative estimate of drug-likeness (QED) is 0.870. The van der Waals surface area contributed by atoms with Gasteiger partial charge in [0.1, 0.15) is 11.5 Å². The first-order chi connectivity index (χ1) is 8.20. The predicted octanol–water partition coefficient (Wildman–Crippen LogP) is 3.59. The molecule has 2 aromatic carbocycles. The Morgan fingerprint density at radius 2 is 1.53 bits per heavy atom. The molecule has 88 valence electrons. The van der Waals surface area contributed by atoms with Crippen molar-refractivity contribution in [3.8, 4) is 11.5 Å². The van der Waals surface area contributed by atoms with E-state index in [0.29, 0.717) is 0 Å². The Labute approximate surface area is 101 Å². The second kappa shape index (κ2) is 5.02. The third kappa shape index (κ3) is 2.66. The van der Waals surface area contributed by atoms with Crippen LogP contribution in [0.1, 0.15) is 16.7 Å². The molecule has 0 heterocycles. The maximum atomic E-state index is 9.24. The van der Waals surface area contributed by atoms with E-state index in [1.54, 1.807) is 0 Å². The van der Waals surface area contributed by atoms with Crippen molar-refractivity contribution in [2.45, 2.75) is 20.5 Å². The Morgan fingerprint density at radius 3 is 2.06 bits per heavy atom. The SMILES string of the molecule is Cc1cc(Oc2ccccc2)cc(C)c1CO. The largest absolute Gasteiger partial charge is 0.457 e. The molecule has 0 fully saturated rings. The number of aryl methyl sites for hydroxylation is 2. The summed E-state index contributed by atoms with van der Waals surface area (Å²) in [6.45, 7) is 4.04. The van der Waals surface area contributed by atoms with E-state index in [1.807, 2.05) is 56.3 Å². The zero-order valence-electron chi connectivity index (χ0n) is 10.1. The minimum atomic E-state index is 0.0727. The van der Waals surface area contributed by atoms with Crippen molar-refractivity contribution in [1.82, 2.24) is 0 Å². The molecular formula is C15H16O2. The number of hydrogen-bond acceptors (Lipinski definition) is 2. The summed E-state index contributed by atoms with van der Waals surface area (Å²) in [5.74, 6) is 1.63. The van der Waals surface area contributed by atoms with E-state index < -0.39 is 0 Å². The highest BCUT2D eigenvalue weighted by Crippen LogP contribution is 2.26. The van der Waals surface area contributed by atoms with E-state index >= 15 is 0 Å². The van der Waals surface area contributed by atoms with Gasteiger partial charge in [0, 0.05) is 0 Å². The minimum absolute atomic E-state index is 0.0727. The monoisotopic (exact) mass is 228 g/mol. The van der Waals surface area contributed by atoms with E-state index in [-0.39, 0.29) is 6.61 Å². The minimum Gasteiger partial charge on any atom is -0.457 e. The summed E-state index contributed by atoms with van der Waals surface area (Å²) in [6.07, 6.45) is 0. The molecule has 2 aromatic rings. The highest BCUT2D eigenvalue weighted by molar-refractivity contribution is 5.42. The van der Waals surface area contributed by atoms with Crippen LogP contribution in [0.5, 0.6) is 11.5 Å². The number of rotatable bonds is 3. The molecule has 0 atom stereocenters. The van der Waals surface area contributed by atoms with Crippen molar-refractivity contribution >= 4 is 0 Å². The van der Waals surface area contributed by atoms with Gasteiger partial charge in [-0.1, -0.05) is 18.2 Å². The topological polar surface area (TPSA) is 29.5 Å². The third-order valence-electron chi connectivity index (χ3n) is 2.81. The Kier molecular flexibility index (Phi) is 3.45. The maximum absolute atomic E-state index is 9.24. The molecule has 0 amide bonds. The summed E-state index contributed by atoms with van der Waals surface area (Å²) in [5, 5.41) is 9.24. The molecule has 0 unspecified atom stereocenters. The molecule has 2 rings (SSSR count). The lowest BCUT2D eigenvalue weighted by atomic mass is 10.0. The number of aliphatic hydroxyl groups excluding tert-OH is 1. The molecule has 0 bridgehead atoms. The molecule has 0 aliphatic carbocycles. The standard InChI is InChI=1S/C15H16O2/c1-11-8-14(9-12(2)15(11)10-16)17-13-6-4-3-5-7-13/h3-9,16H,10H2,1-2H3. The molecule has 0 radical (unpaired) electrons. The second-order valence-electron chi connectivity index (χ2n) is 4.11. The van der Waals surface area contributed by atoms with E-state index in [2.05, 4.69) is 0 Å². The van der Waals surface area contributed by atoms with Gasteiger partial charge in [0.05, 0.1) is 6.61 Å². The van der Waals surface area contributed by atoms with Crippen molar-refractivity contribution in [3.63, 3.8) is 0 Å². The van der Waals surface area contributed by atoms with Gasteiger partial charge in [-0.3, -0.25) is 0 Å². The Balaban J connectivity index is 2.29. The average Bonchev–Trinajstić information content (AvgIpc) is 2.30. The van der Waals surface area contributed by atoms with Crippen LogP contribution in [0.15, 0.2) is 42.5 Å². The van der Waals surface area contributed by atoms with Crippen molar-refractivity contribution in [2.75, 3.05) is 0 Å². The highest BCUT2D eigenvalue weighted by Gasteiger charge is 2.05. The molecule has 1 N–H and O–H groups in total. The van der Waals surface area contributed by atoms with E-state index in [4.69, 9.17) is 4.74 Å². The van der Waals surface area contributed by atoms with Crippen LogP contribution in [0.4, 0.5) is 0 Å². The summed E-state index contributed by atoms with van der Waals surface area (Å²) >= 11 is 0. The van der Waals surface area contributed by atoms with Crippen LogP contribution >= 0.6 is 0 Å². The molecule has 0 saturated heterocycles. The second-order valence-corrected chi connectivity index (χ2v) is 4.11. The molecule has 2 heteroatoms. The predicted molar refractivity (Wildman–Crippen MR) is 68.4 cm³/mol. The zero-order valence-corrected chi connectivity index (χ0v) is 10.1. The van der Waals surface area contributed by atoms with Crippen LogP contribution in [0, 0.1) is 13.8 Å². The van der Waals surface area contributed by atoms with Gasteiger partial charge in [0.2, 0.25) is 0 Å². The molecule has 17 heavy (non-hydrogen) atoms. The Bertz CT molecular complexity index is 481. The van der Waals surface area contributed by atoms with Gasteiger partial charge in [-0.2, -0.15) is 0 Å². The van der Waals surface area contributed by atoms with Crippen molar-refractivity contribution in [3.05, 3.63) is 59.2 Å². The fraction of sp³-hybridized carbons (Fsp3) is 0.200. The van der Waals surface area contributed by atoms with Crippen LogP contribution in [0.25, 0.3) is 0 Å². The zero-order chi connectivity index (χ0) is 12.3. The molecule has 0 aromatic heterocycles. The van der Waals surface area contributed by atoms with E-state index in [1.165, 1.54) is 0 Å². The number of benzene rings is 2. The van der Waals surface area contributed by atoms with Crippen LogP contribution in [0.2, 0.25) is 0 Å². The van der Waals surface area contributed by atoms with Crippen LogP contribution in [0.3, 0.4) is 0 Å². The normalized spacial score (nSPS) is 10.3. The van der Waals surface area contributed by atoms with E-state index in [0.717, 1.165) is 28.2 Å². The van der Waals surface area contributed by atoms with Gasteiger partial charge < -0.3 is 9.84 Å². The summed E-state index contributed by atoms with van der Waals surface area (Å²) in [5.41, 5.74) is 3.09. The van der Waals surface area contributed by atoms with Gasteiger partial charge in [0.15, 0.2) is 0 Å². The van der Waals surface area contributed by atoms with Crippen LogP contribution in [-0.4, -0.2) is 5.11 Å². The number of hydrogen-bond donors (Lipinski definition) is 1. The van der Waals surface area contributed by atoms with Gasteiger partial charge in [-0.05, 0) is 54.8 Å². The van der Waals surface area contributed by atoms with Gasteiger partial charge in [-0.15, -0.1) is 0 Å². The molecule has 0 spiro atoms. The number of para-hydroxylation sites is 1. The molecule has 0 saturated carbocycles. The fourth-order valence-electron chi connectivity index (χ4n) is 1.89. The number of aliphatic hydroxyl groups is 1. The highest BCUT2D eigenvalue weighted by atomic mass is 16.5. The lowest BCUT2D eigenvalue weighted by molar-refractivity contribution is 0.280. The lowest BCUT2D eigenvalue weighted by Crippen LogP contribution is -1.95. The van der Waals surface area contributed by atoms with Crippen molar-refractivity contribution < 1.29 is 9.84 Å². The Morgan fingerprint density at radius 1 is 0.941 bits per heavy atom. The van der Waals surface area contributed by atoms with Crippen molar-refractivity contribution in [1.29, 1.82) is 0 Å². The smallest absolute Gasteiger partial charge is 0.127 e. The van der Waals surface area contributed by atoms with Crippen LogP contribution < -0.4 is 4.74 Å². The molecular weight excluding hydrogens is 212 g/mol. The first-order valence-corrected chi connectivity index (χ1v) is 5.64. The fourth-order valence-corrected chi connectivity index (χ4v) is 1.89. The van der Waals surface area contributed by atoms with Gasteiger partial charge >= 0.3 is 0 Å². The van der Waals surface area contributed by atoms with Gasteiger partial charge in [-0.25, -0.2) is 0 Å². The van der Waals surface area contributed by atoms with E-state index in [9.17, 15) is 5.11 Å². The van der Waals surface area contributed by atoms with Crippen molar-refractivity contribution in [2.24, 2.45) is 0 Å². The van der Waals surface area contributed by atoms with Crippen LogP contribution in [-0.2, 0) is 6.61 Å². The summed E-state index contributed by atoms with van der Waals surface area (Å²) < 4.78 is 5.76. The Hall–Kier alpha value is -1.80.